The number of hydrogen-bond acceptors (Lipinski definition) is 8. The summed E-state index contributed by atoms with van der Waals surface area (Å²) in [4.78, 5) is 31.6. The summed E-state index contributed by atoms with van der Waals surface area (Å²) in [5.41, 5.74) is 1.36. The molecule has 0 fully saturated rings. The number of carbonyl (C=O) groups is 1. The Kier molecular flexibility index (Phi) is 6.56. The van der Waals surface area contributed by atoms with E-state index >= 15 is 0 Å². The number of aromatic hydroxyl groups is 2. The van der Waals surface area contributed by atoms with Crippen molar-refractivity contribution in [3.63, 3.8) is 0 Å². The molecule has 3 aromatic rings. The number of fused-ring (bicyclic) bond motifs is 1. The van der Waals surface area contributed by atoms with Crippen molar-refractivity contribution < 1.29 is 24.5 Å². The van der Waals surface area contributed by atoms with Gasteiger partial charge in [-0.25, -0.2) is 9.79 Å². The van der Waals surface area contributed by atoms with E-state index in [1.807, 2.05) is 25.1 Å². The van der Waals surface area contributed by atoms with Crippen LogP contribution in [-0.4, -0.2) is 34.0 Å². The molecule has 176 valence electrons. The van der Waals surface area contributed by atoms with Gasteiger partial charge in [-0.3, -0.25) is 9.36 Å². The predicted octanol–water partition coefficient (Wildman–Crippen LogP) is 2.61. The molecule has 0 bridgehead atoms. The van der Waals surface area contributed by atoms with Crippen LogP contribution in [0.15, 0.2) is 63.5 Å². The molecule has 4 rings (SSSR count). The number of ether oxygens (including phenoxy) is 2. The summed E-state index contributed by atoms with van der Waals surface area (Å²) >= 11 is 1.15. The maximum absolute atomic E-state index is 13.6. The fourth-order valence-electron chi connectivity index (χ4n) is 3.87. The summed E-state index contributed by atoms with van der Waals surface area (Å²) < 4.78 is 12.9. The molecule has 9 heteroatoms. The number of allylic oxidation sites excluding steroid dienone is 1. The lowest BCUT2D eigenvalue weighted by Gasteiger charge is -2.26. The standard InChI is InChI=1S/C25H24N2O6S/c1-4-32-19-9-7-6-8-17(19)22-21(24(31)33-5-2)14(3)26-25-27(22)23(30)20(34-25)12-15-10-11-16(28)13-18(15)29/h6-13,22,28-29H,4-5H2,1-3H3/b20-12-/t22-/m0/s1. The summed E-state index contributed by atoms with van der Waals surface area (Å²) in [6.07, 6.45) is 1.54. The molecule has 0 unspecified atom stereocenters. The summed E-state index contributed by atoms with van der Waals surface area (Å²) in [6.45, 7) is 5.89. The Morgan fingerprint density at radius 1 is 1.18 bits per heavy atom. The average molecular weight is 481 g/mol. The number of rotatable bonds is 6. The number of esters is 1. The molecule has 1 atom stereocenters. The second-order valence-corrected chi connectivity index (χ2v) is 8.53. The molecule has 2 N–H and O–H groups in total. The van der Waals surface area contributed by atoms with Crippen LogP contribution < -0.4 is 19.6 Å². The molecule has 0 aliphatic carbocycles. The van der Waals surface area contributed by atoms with E-state index < -0.39 is 12.0 Å². The van der Waals surface area contributed by atoms with Crippen LogP contribution in [0.2, 0.25) is 0 Å². The Morgan fingerprint density at radius 3 is 2.65 bits per heavy atom. The van der Waals surface area contributed by atoms with Crippen molar-refractivity contribution in [2.45, 2.75) is 26.8 Å². The van der Waals surface area contributed by atoms with Crippen LogP contribution in [0.25, 0.3) is 6.08 Å². The van der Waals surface area contributed by atoms with Crippen LogP contribution in [0.1, 0.15) is 37.9 Å². The Morgan fingerprint density at radius 2 is 1.94 bits per heavy atom. The number of hydrogen-bond donors (Lipinski definition) is 2. The summed E-state index contributed by atoms with van der Waals surface area (Å²) in [5.74, 6) is -0.242. The molecule has 8 nitrogen and oxygen atoms in total. The van der Waals surface area contributed by atoms with Gasteiger partial charge in [0.2, 0.25) is 0 Å². The Balaban J connectivity index is 1.99. The minimum absolute atomic E-state index is 0.0849. The quantitative estimate of drug-likeness (QED) is 0.525. The molecular weight excluding hydrogens is 456 g/mol. The number of para-hydroxylation sites is 1. The second kappa shape index (κ2) is 9.56. The molecule has 1 aliphatic rings. The van der Waals surface area contributed by atoms with E-state index in [9.17, 15) is 19.8 Å². The van der Waals surface area contributed by atoms with Gasteiger partial charge in [-0.1, -0.05) is 29.5 Å². The zero-order chi connectivity index (χ0) is 24.4. The normalized spacial score (nSPS) is 15.6. The molecule has 0 saturated heterocycles. The zero-order valence-corrected chi connectivity index (χ0v) is 19.8. The van der Waals surface area contributed by atoms with Crippen molar-refractivity contribution in [3.8, 4) is 17.2 Å². The van der Waals surface area contributed by atoms with Crippen LogP contribution in [0, 0.1) is 0 Å². The number of aromatic nitrogens is 1. The van der Waals surface area contributed by atoms with Crippen molar-refractivity contribution in [2.75, 3.05) is 13.2 Å². The van der Waals surface area contributed by atoms with Crippen LogP contribution in [0.3, 0.4) is 0 Å². The van der Waals surface area contributed by atoms with Crippen LogP contribution in [0.5, 0.6) is 17.2 Å². The number of benzene rings is 2. The van der Waals surface area contributed by atoms with Crippen molar-refractivity contribution in [3.05, 3.63) is 84.5 Å². The largest absolute Gasteiger partial charge is 0.508 e. The maximum Gasteiger partial charge on any atom is 0.338 e. The second-order valence-electron chi connectivity index (χ2n) is 7.52. The van der Waals surface area contributed by atoms with Gasteiger partial charge in [0.25, 0.3) is 5.56 Å². The fraction of sp³-hybridized carbons (Fsp3) is 0.240. The molecule has 1 aromatic heterocycles. The minimum Gasteiger partial charge on any atom is -0.508 e. The van der Waals surface area contributed by atoms with E-state index in [-0.39, 0.29) is 29.2 Å². The van der Waals surface area contributed by atoms with E-state index in [1.54, 1.807) is 19.9 Å². The van der Waals surface area contributed by atoms with Crippen molar-refractivity contribution in [2.24, 2.45) is 4.99 Å². The molecule has 2 heterocycles. The lowest BCUT2D eigenvalue weighted by molar-refractivity contribution is -0.139. The van der Waals surface area contributed by atoms with Gasteiger partial charge in [0.05, 0.1) is 29.0 Å². The van der Waals surface area contributed by atoms with E-state index in [2.05, 4.69) is 4.99 Å². The Labute approximate surface area is 199 Å². The van der Waals surface area contributed by atoms with Crippen molar-refractivity contribution in [1.82, 2.24) is 4.57 Å². The summed E-state index contributed by atoms with van der Waals surface area (Å²) in [6, 6.07) is 10.6. The first kappa shape index (κ1) is 23.3. The smallest absolute Gasteiger partial charge is 0.338 e. The average Bonchev–Trinajstić information content (AvgIpc) is 3.10. The minimum atomic E-state index is -0.798. The van der Waals surface area contributed by atoms with Crippen LogP contribution in [0.4, 0.5) is 0 Å². The summed E-state index contributed by atoms with van der Waals surface area (Å²) in [7, 11) is 0. The molecule has 1 aliphatic heterocycles. The van der Waals surface area contributed by atoms with Gasteiger partial charge in [-0.05, 0) is 45.0 Å². The first-order chi connectivity index (χ1) is 16.3. The number of thiazole rings is 1. The summed E-state index contributed by atoms with van der Waals surface area (Å²) in [5, 5.41) is 19.7. The first-order valence-electron chi connectivity index (χ1n) is 10.8. The lowest BCUT2D eigenvalue weighted by atomic mass is 9.95. The van der Waals surface area contributed by atoms with Gasteiger partial charge >= 0.3 is 5.97 Å². The number of phenols is 2. The van der Waals surface area contributed by atoms with Gasteiger partial charge in [0.1, 0.15) is 23.3 Å². The highest BCUT2D eigenvalue weighted by Crippen LogP contribution is 2.35. The van der Waals surface area contributed by atoms with E-state index in [4.69, 9.17) is 9.47 Å². The predicted molar refractivity (Wildman–Crippen MR) is 128 cm³/mol. The third-order valence-corrected chi connectivity index (χ3v) is 6.31. The third kappa shape index (κ3) is 4.22. The van der Waals surface area contributed by atoms with Gasteiger partial charge in [0, 0.05) is 17.2 Å². The Hall–Kier alpha value is -3.85. The van der Waals surface area contributed by atoms with Gasteiger partial charge in [-0.15, -0.1) is 0 Å². The van der Waals surface area contributed by atoms with Crippen LogP contribution >= 0.6 is 11.3 Å². The molecule has 0 radical (unpaired) electrons. The van der Waals surface area contributed by atoms with Gasteiger partial charge in [-0.2, -0.15) is 0 Å². The molecule has 0 spiro atoms. The highest BCUT2D eigenvalue weighted by molar-refractivity contribution is 7.07. The van der Waals surface area contributed by atoms with E-state index in [0.29, 0.717) is 38.5 Å². The zero-order valence-electron chi connectivity index (χ0n) is 18.9. The van der Waals surface area contributed by atoms with Crippen molar-refractivity contribution >= 4 is 23.4 Å². The van der Waals surface area contributed by atoms with Crippen molar-refractivity contribution in [1.29, 1.82) is 0 Å². The number of carbonyl (C=O) groups excluding carboxylic acids is 1. The molecule has 2 aromatic carbocycles. The lowest BCUT2D eigenvalue weighted by Crippen LogP contribution is -2.40. The third-order valence-electron chi connectivity index (χ3n) is 5.33. The highest BCUT2D eigenvalue weighted by Gasteiger charge is 2.35. The number of phenolic OH excluding ortho intramolecular Hbond substituents is 2. The van der Waals surface area contributed by atoms with Gasteiger partial charge < -0.3 is 19.7 Å². The monoisotopic (exact) mass is 480 g/mol. The molecule has 0 saturated carbocycles. The fourth-order valence-corrected chi connectivity index (χ4v) is 4.91. The highest BCUT2D eigenvalue weighted by atomic mass is 32.1. The first-order valence-corrected chi connectivity index (χ1v) is 11.6. The van der Waals surface area contributed by atoms with Crippen LogP contribution in [-0.2, 0) is 9.53 Å². The van der Waals surface area contributed by atoms with Gasteiger partial charge in [0.15, 0.2) is 4.80 Å². The Bertz CT molecular complexity index is 1470. The molecule has 34 heavy (non-hydrogen) atoms. The van der Waals surface area contributed by atoms with E-state index in [1.165, 1.54) is 28.8 Å². The number of nitrogens with zero attached hydrogens (tertiary/aromatic N) is 2. The molecule has 0 amide bonds. The SMILES string of the molecule is CCOC(=O)C1=C(C)N=c2s/c(=C\c3ccc(O)cc3O)c(=O)n2[C@H]1c1ccccc1OCC. The topological polar surface area (TPSA) is 110 Å². The molecular formula is C25H24N2O6S. The van der Waals surface area contributed by atoms with E-state index in [0.717, 1.165) is 11.3 Å². The maximum atomic E-state index is 13.6.